The number of benzene rings is 1. The zero-order chi connectivity index (χ0) is 35.5. The van der Waals surface area contributed by atoms with E-state index in [1.807, 2.05) is 35.7 Å². The summed E-state index contributed by atoms with van der Waals surface area (Å²) < 4.78 is 17.7. The summed E-state index contributed by atoms with van der Waals surface area (Å²) >= 11 is 1.44. The first-order valence-electron chi connectivity index (χ1n) is 17.8. The SMILES string of the molecule is COc1ccc2c(O[C@@H]3CC4C(=O)N[C@]5(C(=O)O)C[C@H]5/C=C\CCCCC[C@@H](NC(=O)OC5CCCC5)C(=O)N4C3)cc(-c3nccs3)nc2c1. The number of aromatic nitrogens is 2. The first-order valence-corrected chi connectivity index (χ1v) is 18.7. The van der Waals surface area contributed by atoms with Crippen molar-refractivity contribution >= 4 is 46.1 Å². The van der Waals surface area contributed by atoms with Gasteiger partial charge in [-0.25, -0.2) is 19.6 Å². The van der Waals surface area contributed by atoms with Crippen LogP contribution in [0, 0.1) is 5.92 Å². The summed E-state index contributed by atoms with van der Waals surface area (Å²) in [6, 6.07) is 5.30. The Hall–Kier alpha value is -4.72. The van der Waals surface area contributed by atoms with Crippen LogP contribution >= 0.6 is 11.3 Å². The first kappa shape index (κ1) is 34.7. The van der Waals surface area contributed by atoms with Gasteiger partial charge in [-0.1, -0.05) is 25.0 Å². The standard InChI is InChI=1S/C37H43N5O8S/c1-48-24-13-14-26-28(17-24)39-29(33-38-15-16-51-33)19-31(26)49-25-18-30-32(43)41-37(35(45)46)20-22(37)9-5-3-2-4-6-12-27(34(44)42(30)21-25)40-36(47)50-23-10-7-8-11-23/h5,9,13-17,19,22-23,25,27,30H,2-4,6-8,10-12,18,20-21H2,1H3,(H,40,47)(H,41,43)(H,45,46)/b9-5-/t22-,25-,27-,30?,37-/m1/s1. The quantitative estimate of drug-likeness (QED) is 0.275. The van der Waals surface area contributed by atoms with E-state index in [9.17, 15) is 24.3 Å². The lowest BCUT2D eigenvalue weighted by Crippen LogP contribution is -2.56. The number of rotatable bonds is 7. The molecule has 14 heteroatoms. The van der Waals surface area contributed by atoms with E-state index in [1.165, 1.54) is 16.2 Å². The summed E-state index contributed by atoms with van der Waals surface area (Å²) in [5, 5.41) is 19.1. The van der Waals surface area contributed by atoms with Gasteiger partial charge >= 0.3 is 12.1 Å². The maximum absolute atomic E-state index is 14.4. The van der Waals surface area contributed by atoms with Gasteiger partial charge in [0.2, 0.25) is 11.8 Å². The van der Waals surface area contributed by atoms with Gasteiger partial charge in [-0.3, -0.25) is 9.59 Å². The van der Waals surface area contributed by atoms with Gasteiger partial charge in [0.15, 0.2) is 0 Å². The number of alkyl carbamates (subject to hydrolysis) is 1. The third kappa shape index (κ3) is 7.51. The molecule has 2 aliphatic carbocycles. The summed E-state index contributed by atoms with van der Waals surface area (Å²) in [5.74, 6) is -1.33. The predicted octanol–water partition coefficient (Wildman–Crippen LogP) is 5.23. The number of carboxylic acids is 1. The minimum Gasteiger partial charge on any atom is -0.497 e. The van der Waals surface area contributed by atoms with E-state index < -0.39 is 47.6 Å². The number of hydrogen-bond donors (Lipinski definition) is 3. The highest BCUT2D eigenvalue weighted by Crippen LogP contribution is 2.45. The van der Waals surface area contributed by atoms with E-state index in [-0.39, 0.29) is 31.4 Å². The van der Waals surface area contributed by atoms with Gasteiger partial charge < -0.3 is 34.9 Å². The lowest BCUT2D eigenvalue weighted by atomic mass is 10.0. The topological polar surface area (TPSA) is 169 Å². The molecule has 3 aromatic rings. The predicted molar refractivity (Wildman–Crippen MR) is 188 cm³/mol. The molecule has 1 aromatic carbocycles. The van der Waals surface area contributed by atoms with Crippen molar-refractivity contribution in [3.05, 3.63) is 48.0 Å². The Morgan fingerprint density at radius 2 is 1.90 bits per heavy atom. The molecule has 1 saturated heterocycles. The van der Waals surface area contributed by atoms with Crippen LogP contribution in [0.2, 0.25) is 0 Å². The number of allylic oxidation sites excluding steroid dienone is 1. The van der Waals surface area contributed by atoms with Crippen molar-refractivity contribution in [3.8, 4) is 22.2 Å². The van der Waals surface area contributed by atoms with Gasteiger partial charge in [0.1, 0.15) is 52.0 Å². The molecule has 270 valence electrons. The molecule has 3 N–H and O–H groups in total. The van der Waals surface area contributed by atoms with E-state index >= 15 is 0 Å². The molecule has 5 atom stereocenters. The Bertz CT molecular complexity index is 1810. The number of carbonyl (C=O) groups is 4. The molecule has 51 heavy (non-hydrogen) atoms. The summed E-state index contributed by atoms with van der Waals surface area (Å²) in [5.41, 5.74) is -0.212. The largest absolute Gasteiger partial charge is 0.497 e. The van der Waals surface area contributed by atoms with Crippen molar-refractivity contribution < 1.29 is 38.5 Å². The third-order valence-corrected chi connectivity index (χ3v) is 11.2. The molecular formula is C37H43N5O8S. The monoisotopic (exact) mass is 717 g/mol. The lowest BCUT2D eigenvalue weighted by Gasteiger charge is -2.29. The Labute approximate surface area is 299 Å². The van der Waals surface area contributed by atoms with E-state index in [4.69, 9.17) is 19.2 Å². The maximum atomic E-state index is 14.4. The normalized spacial score (nSPS) is 27.7. The van der Waals surface area contributed by atoms with Crippen molar-refractivity contribution in [1.82, 2.24) is 25.5 Å². The number of carboxylic acid groups (broad SMARTS) is 1. The summed E-state index contributed by atoms with van der Waals surface area (Å²) in [6.45, 7) is 0.0444. The van der Waals surface area contributed by atoms with Crippen LogP contribution in [0.4, 0.5) is 4.79 Å². The van der Waals surface area contributed by atoms with Crippen molar-refractivity contribution in [3.63, 3.8) is 0 Å². The van der Waals surface area contributed by atoms with E-state index in [1.54, 1.807) is 19.4 Å². The highest BCUT2D eigenvalue weighted by atomic mass is 32.1. The number of ether oxygens (including phenoxy) is 3. The van der Waals surface area contributed by atoms with E-state index in [2.05, 4.69) is 15.6 Å². The number of aliphatic carboxylic acids is 1. The van der Waals surface area contributed by atoms with Gasteiger partial charge in [-0.05, 0) is 63.5 Å². The van der Waals surface area contributed by atoms with Crippen molar-refractivity contribution in [2.75, 3.05) is 13.7 Å². The fourth-order valence-electron chi connectivity index (χ4n) is 7.52. The van der Waals surface area contributed by atoms with Crippen LogP contribution in [0.1, 0.15) is 70.6 Å². The molecule has 0 spiro atoms. The van der Waals surface area contributed by atoms with Crippen LogP contribution in [0.25, 0.3) is 21.6 Å². The van der Waals surface area contributed by atoms with Gasteiger partial charge in [0.05, 0.1) is 19.2 Å². The molecule has 13 nitrogen and oxygen atoms in total. The highest BCUT2D eigenvalue weighted by molar-refractivity contribution is 7.13. The Balaban J connectivity index is 1.20. The summed E-state index contributed by atoms with van der Waals surface area (Å²) in [6.07, 6.45) is 11.5. The van der Waals surface area contributed by atoms with Crippen LogP contribution in [0.15, 0.2) is 48.0 Å². The number of fused-ring (bicyclic) bond motifs is 3. The van der Waals surface area contributed by atoms with Gasteiger partial charge in [-0.2, -0.15) is 0 Å². The lowest BCUT2D eigenvalue weighted by molar-refractivity contribution is -0.145. The molecule has 2 saturated carbocycles. The van der Waals surface area contributed by atoms with Crippen LogP contribution < -0.4 is 20.1 Å². The number of methoxy groups -OCH3 is 1. The van der Waals surface area contributed by atoms with Crippen LogP contribution in [0.5, 0.6) is 11.5 Å². The summed E-state index contributed by atoms with van der Waals surface area (Å²) in [4.78, 5) is 64.7. The second kappa shape index (κ2) is 14.9. The average Bonchev–Trinajstić information content (AvgIpc) is 3.61. The van der Waals surface area contributed by atoms with Crippen LogP contribution in [0.3, 0.4) is 0 Å². The Morgan fingerprint density at radius 3 is 2.67 bits per heavy atom. The van der Waals surface area contributed by atoms with E-state index in [0.717, 1.165) is 44.9 Å². The number of carbonyl (C=O) groups excluding carboxylic acids is 3. The smallest absolute Gasteiger partial charge is 0.408 e. The van der Waals surface area contributed by atoms with E-state index in [0.29, 0.717) is 45.9 Å². The maximum Gasteiger partial charge on any atom is 0.408 e. The molecule has 0 radical (unpaired) electrons. The molecule has 4 aliphatic rings. The molecule has 3 fully saturated rings. The van der Waals surface area contributed by atoms with Crippen molar-refractivity contribution in [1.29, 1.82) is 0 Å². The zero-order valence-electron chi connectivity index (χ0n) is 28.5. The number of nitrogens with zero attached hydrogens (tertiary/aromatic N) is 3. The van der Waals surface area contributed by atoms with Gasteiger partial charge in [0, 0.05) is 41.4 Å². The molecule has 2 aromatic heterocycles. The number of hydrogen-bond acceptors (Lipinski definition) is 10. The minimum atomic E-state index is -1.44. The second-order valence-corrected chi connectivity index (χ2v) is 14.8. The van der Waals surface area contributed by atoms with Crippen LogP contribution in [-0.4, -0.2) is 87.3 Å². The fourth-order valence-corrected chi connectivity index (χ4v) is 8.12. The Morgan fingerprint density at radius 1 is 1.08 bits per heavy atom. The van der Waals surface area contributed by atoms with Gasteiger partial charge in [-0.15, -0.1) is 11.3 Å². The molecule has 1 unspecified atom stereocenters. The van der Waals surface area contributed by atoms with Crippen molar-refractivity contribution in [2.24, 2.45) is 5.92 Å². The molecule has 3 amide bonds. The molecule has 0 bridgehead atoms. The van der Waals surface area contributed by atoms with Crippen LogP contribution in [-0.2, 0) is 19.1 Å². The number of amides is 3. The molecule has 2 aliphatic heterocycles. The molecule has 4 heterocycles. The minimum absolute atomic E-state index is 0.0444. The highest BCUT2D eigenvalue weighted by Gasteiger charge is 2.61. The molecular weight excluding hydrogens is 675 g/mol. The first-order chi connectivity index (χ1) is 24.7. The third-order valence-electron chi connectivity index (χ3n) is 10.4. The number of thiazole rings is 1. The average molecular weight is 718 g/mol. The fraction of sp³-hybridized carbons (Fsp3) is 0.514. The van der Waals surface area contributed by atoms with Gasteiger partial charge in [0.25, 0.3) is 0 Å². The zero-order valence-corrected chi connectivity index (χ0v) is 29.4. The number of pyridine rings is 1. The second-order valence-electron chi connectivity index (χ2n) is 13.9. The summed E-state index contributed by atoms with van der Waals surface area (Å²) in [7, 11) is 1.58. The number of nitrogens with one attached hydrogen (secondary N) is 2. The Kier molecular flexibility index (Phi) is 10.1. The molecule has 7 rings (SSSR count). The van der Waals surface area contributed by atoms with Crippen molar-refractivity contribution in [2.45, 2.75) is 100 Å².